The van der Waals surface area contributed by atoms with E-state index >= 15 is 0 Å². The lowest BCUT2D eigenvalue weighted by Gasteiger charge is -2.08. The molecule has 0 unspecified atom stereocenters. The number of ether oxygens (including phenoxy) is 1. The summed E-state index contributed by atoms with van der Waals surface area (Å²) in [4.78, 5) is 20.6. The third-order valence-corrected chi connectivity index (χ3v) is 3.82. The smallest absolute Gasteiger partial charge is 0.251 e. The average Bonchev–Trinajstić information content (AvgIpc) is 3.17. The molecule has 2 aromatic heterocycles. The van der Waals surface area contributed by atoms with E-state index in [2.05, 4.69) is 25.5 Å². The number of hydrogen-bond acceptors (Lipinski definition) is 5. The number of nitrogens with zero attached hydrogens (tertiary/aromatic N) is 3. The van der Waals surface area contributed by atoms with Crippen LogP contribution in [0.2, 0.25) is 0 Å². The molecule has 0 fully saturated rings. The Kier molecular flexibility index (Phi) is 4.26. The second-order valence-electron chi connectivity index (χ2n) is 5.61. The van der Waals surface area contributed by atoms with Gasteiger partial charge in [0.2, 0.25) is 5.88 Å². The van der Waals surface area contributed by atoms with Crippen LogP contribution >= 0.6 is 0 Å². The zero-order chi connectivity index (χ0) is 17.8. The van der Waals surface area contributed by atoms with E-state index in [0.29, 0.717) is 34.8 Å². The molecule has 0 aliphatic heterocycles. The fraction of sp³-hybridized carbons (Fsp3) is 0.0526. The van der Waals surface area contributed by atoms with Crippen LogP contribution in [0.15, 0.2) is 67.1 Å². The minimum absolute atomic E-state index is 0.171. The van der Waals surface area contributed by atoms with Crippen LogP contribution < -0.4 is 10.1 Å². The number of hydrogen-bond donors (Lipinski definition) is 2. The maximum absolute atomic E-state index is 12.4. The first-order valence-electron chi connectivity index (χ1n) is 8.04. The Labute approximate surface area is 149 Å². The molecule has 0 aliphatic rings. The molecule has 4 rings (SSSR count). The molecule has 7 nitrogen and oxygen atoms in total. The van der Waals surface area contributed by atoms with Crippen molar-refractivity contribution >= 4 is 16.9 Å². The zero-order valence-corrected chi connectivity index (χ0v) is 13.7. The number of aromatic nitrogens is 4. The standard InChI is InChI=1S/C19H15N5O2/c25-18(20-10-13-5-2-1-3-6-13)14-7-4-8-15(9-14)26-19-16-11-23-24-17(16)21-12-22-19/h1-9,11-12H,10H2,(H,20,25)(H,21,22,23,24). The monoisotopic (exact) mass is 345 g/mol. The lowest BCUT2D eigenvalue weighted by atomic mass is 10.2. The van der Waals surface area contributed by atoms with E-state index in [4.69, 9.17) is 4.74 Å². The molecule has 0 aliphatic carbocycles. The number of carbonyl (C=O) groups is 1. The highest BCUT2D eigenvalue weighted by molar-refractivity contribution is 5.94. The zero-order valence-electron chi connectivity index (χ0n) is 13.7. The SMILES string of the molecule is O=C(NCc1ccccc1)c1cccc(Oc2ncnc3[nH]ncc23)c1. The quantitative estimate of drug-likeness (QED) is 0.580. The molecule has 26 heavy (non-hydrogen) atoms. The summed E-state index contributed by atoms with van der Waals surface area (Å²) in [5.41, 5.74) is 2.14. The molecule has 2 aromatic carbocycles. The van der Waals surface area contributed by atoms with Gasteiger partial charge in [0.25, 0.3) is 5.91 Å². The van der Waals surface area contributed by atoms with Crippen molar-refractivity contribution < 1.29 is 9.53 Å². The van der Waals surface area contributed by atoms with Gasteiger partial charge in [-0.2, -0.15) is 5.10 Å². The van der Waals surface area contributed by atoms with Gasteiger partial charge >= 0.3 is 0 Å². The Morgan fingerprint density at radius 2 is 1.96 bits per heavy atom. The maximum Gasteiger partial charge on any atom is 0.251 e. The molecule has 0 saturated carbocycles. The number of H-pyrrole nitrogens is 1. The molecular formula is C19H15N5O2. The maximum atomic E-state index is 12.4. The van der Waals surface area contributed by atoms with Gasteiger partial charge in [-0.3, -0.25) is 9.89 Å². The number of amides is 1. The first kappa shape index (κ1) is 15.8. The van der Waals surface area contributed by atoms with E-state index in [1.807, 2.05) is 30.3 Å². The highest BCUT2D eigenvalue weighted by Crippen LogP contribution is 2.25. The summed E-state index contributed by atoms with van der Waals surface area (Å²) in [6, 6.07) is 16.7. The van der Waals surface area contributed by atoms with Crippen LogP contribution in [0.3, 0.4) is 0 Å². The third kappa shape index (κ3) is 3.36. The van der Waals surface area contributed by atoms with Crippen LogP contribution in [0.4, 0.5) is 0 Å². The molecule has 0 saturated heterocycles. The Morgan fingerprint density at radius 3 is 2.85 bits per heavy atom. The average molecular weight is 345 g/mol. The van der Waals surface area contributed by atoms with Crippen LogP contribution in [-0.2, 0) is 6.54 Å². The summed E-state index contributed by atoms with van der Waals surface area (Å²) in [5, 5.41) is 10.3. The number of rotatable bonds is 5. The summed E-state index contributed by atoms with van der Waals surface area (Å²) >= 11 is 0. The predicted molar refractivity (Wildman–Crippen MR) is 95.8 cm³/mol. The summed E-state index contributed by atoms with van der Waals surface area (Å²) < 4.78 is 5.81. The number of benzene rings is 2. The van der Waals surface area contributed by atoms with Crippen LogP contribution in [0.25, 0.3) is 11.0 Å². The van der Waals surface area contributed by atoms with Crippen molar-refractivity contribution in [3.8, 4) is 11.6 Å². The van der Waals surface area contributed by atoms with Crippen LogP contribution in [0.1, 0.15) is 15.9 Å². The van der Waals surface area contributed by atoms with Crippen molar-refractivity contribution in [1.82, 2.24) is 25.5 Å². The van der Waals surface area contributed by atoms with E-state index in [-0.39, 0.29) is 5.91 Å². The van der Waals surface area contributed by atoms with Gasteiger partial charge in [0.05, 0.1) is 6.20 Å². The molecular weight excluding hydrogens is 330 g/mol. The first-order valence-corrected chi connectivity index (χ1v) is 8.04. The Bertz CT molecular complexity index is 1050. The van der Waals surface area contributed by atoms with E-state index in [1.54, 1.807) is 30.5 Å². The molecule has 2 heterocycles. The van der Waals surface area contributed by atoms with Crippen LogP contribution in [-0.4, -0.2) is 26.1 Å². The van der Waals surface area contributed by atoms with Crippen molar-refractivity contribution in [2.24, 2.45) is 0 Å². The van der Waals surface area contributed by atoms with Crippen LogP contribution in [0, 0.1) is 0 Å². The van der Waals surface area contributed by atoms with Crippen molar-refractivity contribution in [1.29, 1.82) is 0 Å². The predicted octanol–water partition coefficient (Wildman–Crippen LogP) is 3.08. The number of fused-ring (bicyclic) bond motifs is 1. The topological polar surface area (TPSA) is 92.8 Å². The first-order chi connectivity index (χ1) is 12.8. The molecule has 4 aromatic rings. The molecule has 0 spiro atoms. The molecule has 0 atom stereocenters. The van der Waals surface area contributed by atoms with Gasteiger partial charge in [-0.25, -0.2) is 9.97 Å². The molecule has 2 N–H and O–H groups in total. The Hall–Kier alpha value is -3.74. The fourth-order valence-corrected chi connectivity index (χ4v) is 2.52. The summed E-state index contributed by atoms with van der Waals surface area (Å²) in [5.74, 6) is 0.722. The Balaban J connectivity index is 1.49. The largest absolute Gasteiger partial charge is 0.438 e. The second-order valence-corrected chi connectivity index (χ2v) is 5.61. The minimum atomic E-state index is -0.171. The normalized spacial score (nSPS) is 10.6. The van der Waals surface area contributed by atoms with Crippen molar-refractivity contribution in [2.45, 2.75) is 6.54 Å². The van der Waals surface area contributed by atoms with Crippen LogP contribution in [0.5, 0.6) is 11.6 Å². The molecule has 1 amide bonds. The van der Waals surface area contributed by atoms with Crippen molar-refractivity contribution in [3.63, 3.8) is 0 Å². The molecule has 128 valence electrons. The van der Waals surface area contributed by atoms with Crippen molar-refractivity contribution in [2.75, 3.05) is 0 Å². The highest BCUT2D eigenvalue weighted by Gasteiger charge is 2.10. The van der Waals surface area contributed by atoms with Gasteiger partial charge in [0.15, 0.2) is 5.65 Å². The lowest BCUT2D eigenvalue weighted by Crippen LogP contribution is -2.22. The molecule has 0 radical (unpaired) electrons. The highest BCUT2D eigenvalue weighted by atomic mass is 16.5. The lowest BCUT2D eigenvalue weighted by molar-refractivity contribution is 0.0950. The summed E-state index contributed by atoms with van der Waals surface area (Å²) in [7, 11) is 0. The van der Waals surface area contributed by atoms with Gasteiger partial charge in [-0.15, -0.1) is 0 Å². The number of nitrogens with one attached hydrogen (secondary N) is 2. The van der Waals surface area contributed by atoms with Gasteiger partial charge in [0.1, 0.15) is 17.5 Å². The van der Waals surface area contributed by atoms with Gasteiger partial charge in [0, 0.05) is 12.1 Å². The minimum Gasteiger partial charge on any atom is -0.438 e. The fourth-order valence-electron chi connectivity index (χ4n) is 2.52. The third-order valence-electron chi connectivity index (χ3n) is 3.82. The Morgan fingerprint density at radius 1 is 1.08 bits per heavy atom. The van der Waals surface area contributed by atoms with Gasteiger partial charge in [-0.05, 0) is 23.8 Å². The summed E-state index contributed by atoms with van der Waals surface area (Å²) in [6.07, 6.45) is 2.99. The van der Waals surface area contributed by atoms with E-state index in [9.17, 15) is 4.79 Å². The molecule has 7 heteroatoms. The summed E-state index contributed by atoms with van der Waals surface area (Å²) in [6.45, 7) is 0.465. The second kappa shape index (κ2) is 7.02. The number of aromatic amines is 1. The van der Waals surface area contributed by atoms with Crippen molar-refractivity contribution in [3.05, 3.63) is 78.2 Å². The molecule has 0 bridgehead atoms. The van der Waals surface area contributed by atoms with Gasteiger partial charge in [-0.1, -0.05) is 36.4 Å². The van der Waals surface area contributed by atoms with Gasteiger partial charge < -0.3 is 10.1 Å². The van der Waals surface area contributed by atoms with E-state index in [0.717, 1.165) is 5.56 Å². The van der Waals surface area contributed by atoms with E-state index in [1.165, 1.54) is 6.33 Å². The van der Waals surface area contributed by atoms with E-state index < -0.39 is 0 Å². The number of carbonyl (C=O) groups excluding carboxylic acids is 1.